The van der Waals surface area contributed by atoms with Crippen molar-refractivity contribution in [2.45, 2.75) is 58.0 Å². The molecule has 0 amide bonds. The first-order chi connectivity index (χ1) is 9.13. The SMILES string of the molecule is CCCC1CCCCN1c1ccc([C@H](C)N)cc1Cl. The van der Waals surface area contributed by atoms with Crippen molar-refractivity contribution in [3.63, 3.8) is 0 Å². The quantitative estimate of drug-likeness (QED) is 0.879. The number of piperidine rings is 1. The van der Waals surface area contributed by atoms with E-state index in [2.05, 4.69) is 24.0 Å². The molecule has 1 saturated heterocycles. The van der Waals surface area contributed by atoms with Crippen LogP contribution >= 0.6 is 11.6 Å². The van der Waals surface area contributed by atoms with Gasteiger partial charge in [0.2, 0.25) is 0 Å². The summed E-state index contributed by atoms with van der Waals surface area (Å²) < 4.78 is 0. The molecule has 0 spiro atoms. The van der Waals surface area contributed by atoms with Crippen molar-refractivity contribution in [2.75, 3.05) is 11.4 Å². The third-order valence-corrected chi connectivity index (χ3v) is 4.36. The maximum atomic E-state index is 6.48. The molecule has 0 radical (unpaired) electrons. The zero-order valence-corrected chi connectivity index (χ0v) is 12.8. The van der Waals surface area contributed by atoms with E-state index in [1.807, 2.05) is 13.0 Å². The van der Waals surface area contributed by atoms with Crippen LogP contribution in [0.1, 0.15) is 57.6 Å². The fourth-order valence-corrected chi connectivity index (χ4v) is 3.29. The smallest absolute Gasteiger partial charge is 0.0642 e. The first-order valence-corrected chi connectivity index (χ1v) is 7.83. The van der Waals surface area contributed by atoms with E-state index in [1.54, 1.807) is 0 Å². The van der Waals surface area contributed by atoms with E-state index < -0.39 is 0 Å². The Morgan fingerprint density at radius 2 is 2.21 bits per heavy atom. The minimum atomic E-state index is 0.0411. The minimum absolute atomic E-state index is 0.0411. The topological polar surface area (TPSA) is 29.3 Å². The van der Waals surface area contributed by atoms with Crippen LogP contribution < -0.4 is 10.6 Å². The maximum Gasteiger partial charge on any atom is 0.0642 e. The van der Waals surface area contributed by atoms with Crippen LogP contribution in [0.15, 0.2) is 18.2 Å². The van der Waals surface area contributed by atoms with E-state index in [9.17, 15) is 0 Å². The molecular formula is C16H25ClN2. The number of hydrogen-bond donors (Lipinski definition) is 1. The van der Waals surface area contributed by atoms with Crippen molar-refractivity contribution in [1.82, 2.24) is 0 Å². The van der Waals surface area contributed by atoms with Gasteiger partial charge in [-0.15, -0.1) is 0 Å². The fraction of sp³-hybridized carbons (Fsp3) is 0.625. The molecule has 3 heteroatoms. The predicted octanol–water partition coefficient (Wildman–Crippen LogP) is 4.52. The molecule has 2 N–H and O–H groups in total. The van der Waals surface area contributed by atoms with E-state index >= 15 is 0 Å². The van der Waals surface area contributed by atoms with Gasteiger partial charge in [-0.3, -0.25) is 0 Å². The lowest BCUT2D eigenvalue weighted by Crippen LogP contribution is -2.39. The van der Waals surface area contributed by atoms with Gasteiger partial charge in [0.05, 0.1) is 10.7 Å². The van der Waals surface area contributed by atoms with Gasteiger partial charge in [-0.2, -0.15) is 0 Å². The van der Waals surface area contributed by atoms with Crippen molar-refractivity contribution in [3.05, 3.63) is 28.8 Å². The van der Waals surface area contributed by atoms with Gasteiger partial charge in [-0.25, -0.2) is 0 Å². The molecule has 0 saturated carbocycles. The van der Waals surface area contributed by atoms with Crippen LogP contribution in [0.3, 0.4) is 0 Å². The number of halogens is 1. The summed E-state index contributed by atoms with van der Waals surface area (Å²) in [5.41, 5.74) is 8.21. The maximum absolute atomic E-state index is 6.48. The first kappa shape index (κ1) is 14.7. The van der Waals surface area contributed by atoms with E-state index in [0.29, 0.717) is 6.04 Å². The summed E-state index contributed by atoms with van der Waals surface area (Å²) >= 11 is 6.48. The Bertz CT molecular complexity index is 415. The van der Waals surface area contributed by atoms with Gasteiger partial charge in [0.15, 0.2) is 0 Å². The molecule has 0 aliphatic carbocycles. The number of rotatable bonds is 4. The van der Waals surface area contributed by atoms with Crippen LogP contribution in [-0.2, 0) is 0 Å². The summed E-state index contributed by atoms with van der Waals surface area (Å²) in [6.45, 7) is 5.38. The van der Waals surface area contributed by atoms with E-state index in [-0.39, 0.29) is 6.04 Å². The molecule has 1 unspecified atom stereocenters. The molecule has 0 aromatic heterocycles. The summed E-state index contributed by atoms with van der Waals surface area (Å²) in [4.78, 5) is 2.50. The standard InChI is InChI=1S/C16H25ClN2/c1-3-6-14-7-4-5-10-19(14)16-9-8-13(12(2)18)11-15(16)17/h8-9,11-12,14H,3-7,10,18H2,1-2H3/t12-,14?/m0/s1. The van der Waals surface area contributed by atoms with Crippen LogP contribution in [-0.4, -0.2) is 12.6 Å². The van der Waals surface area contributed by atoms with Crippen LogP contribution in [0.2, 0.25) is 5.02 Å². The molecule has 1 aromatic carbocycles. The Labute approximate surface area is 121 Å². The zero-order valence-electron chi connectivity index (χ0n) is 12.0. The lowest BCUT2D eigenvalue weighted by molar-refractivity contribution is 0.435. The van der Waals surface area contributed by atoms with Crippen molar-refractivity contribution in [3.8, 4) is 0 Å². The largest absolute Gasteiger partial charge is 0.367 e. The van der Waals surface area contributed by atoms with E-state index in [0.717, 1.165) is 17.1 Å². The Morgan fingerprint density at radius 3 is 2.84 bits per heavy atom. The second-order valence-electron chi connectivity index (χ2n) is 5.63. The fourth-order valence-electron chi connectivity index (χ4n) is 2.99. The molecule has 1 aliphatic heterocycles. The van der Waals surface area contributed by atoms with Crippen molar-refractivity contribution in [2.24, 2.45) is 5.73 Å². The first-order valence-electron chi connectivity index (χ1n) is 7.45. The average Bonchev–Trinajstić information content (AvgIpc) is 2.40. The number of hydrogen-bond acceptors (Lipinski definition) is 2. The molecule has 2 nitrogen and oxygen atoms in total. The third kappa shape index (κ3) is 3.43. The van der Waals surface area contributed by atoms with Gasteiger partial charge in [-0.05, 0) is 50.3 Å². The molecule has 1 aromatic rings. The Balaban J connectivity index is 2.23. The second kappa shape index (κ2) is 6.62. The zero-order chi connectivity index (χ0) is 13.8. The Morgan fingerprint density at radius 1 is 1.42 bits per heavy atom. The molecule has 2 atom stereocenters. The van der Waals surface area contributed by atoms with Gasteiger partial charge in [0.25, 0.3) is 0 Å². The molecule has 19 heavy (non-hydrogen) atoms. The summed E-state index contributed by atoms with van der Waals surface area (Å²) in [5, 5.41) is 0.845. The summed E-state index contributed by atoms with van der Waals surface area (Å²) in [6, 6.07) is 6.98. The van der Waals surface area contributed by atoms with Crippen molar-refractivity contribution in [1.29, 1.82) is 0 Å². The molecule has 0 bridgehead atoms. The Kier molecular flexibility index (Phi) is 5.12. The van der Waals surface area contributed by atoms with Gasteiger partial charge >= 0.3 is 0 Å². The van der Waals surface area contributed by atoms with Crippen LogP contribution in [0.25, 0.3) is 0 Å². The third-order valence-electron chi connectivity index (χ3n) is 4.06. The molecule has 1 fully saturated rings. The highest BCUT2D eigenvalue weighted by Crippen LogP contribution is 2.34. The highest BCUT2D eigenvalue weighted by atomic mass is 35.5. The summed E-state index contributed by atoms with van der Waals surface area (Å²) in [7, 11) is 0. The highest BCUT2D eigenvalue weighted by molar-refractivity contribution is 6.33. The molecular weight excluding hydrogens is 256 g/mol. The van der Waals surface area contributed by atoms with Crippen LogP contribution in [0, 0.1) is 0 Å². The average molecular weight is 281 g/mol. The van der Waals surface area contributed by atoms with Crippen molar-refractivity contribution >= 4 is 17.3 Å². The van der Waals surface area contributed by atoms with Gasteiger partial charge in [0.1, 0.15) is 0 Å². The van der Waals surface area contributed by atoms with Gasteiger partial charge in [-0.1, -0.05) is 31.0 Å². The van der Waals surface area contributed by atoms with Gasteiger partial charge < -0.3 is 10.6 Å². The Hall–Kier alpha value is -0.730. The monoisotopic (exact) mass is 280 g/mol. The lowest BCUT2D eigenvalue weighted by atomic mass is 9.97. The van der Waals surface area contributed by atoms with Crippen LogP contribution in [0.5, 0.6) is 0 Å². The predicted molar refractivity (Wildman–Crippen MR) is 83.9 cm³/mol. The minimum Gasteiger partial charge on any atom is -0.367 e. The highest BCUT2D eigenvalue weighted by Gasteiger charge is 2.23. The molecule has 106 valence electrons. The second-order valence-corrected chi connectivity index (χ2v) is 6.04. The van der Waals surface area contributed by atoms with Crippen molar-refractivity contribution < 1.29 is 0 Å². The number of anilines is 1. The lowest BCUT2D eigenvalue weighted by Gasteiger charge is -2.38. The van der Waals surface area contributed by atoms with Gasteiger partial charge in [0, 0.05) is 18.6 Å². The summed E-state index contributed by atoms with van der Waals surface area (Å²) in [6.07, 6.45) is 6.39. The number of nitrogens with zero attached hydrogens (tertiary/aromatic N) is 1. The molecule has 2 rings (SSSR count). The van der Waals surface area contributed by atoms with E-state index in [1.165, 1.54) is 37.8 Å². The normalized spacial score (nSPS) is 21.5. The van der Waals surface area contributed by atoms with E-state index in [4.69, 9.17) is 17.3 Å². The number of nitrogens with two attached hydrogens (primary N) is 1. The van der Waals surface area contributed by atoms with Crippen LogP contribution in [0.4, 0.5) is 5.69 Å². The summed E-state index contributed by atoms with van der Waals surface area (Å²) in [5.74, 6) is 0. The molecule has 1 aliphatic rings. The molecule has 1 heterocycles. The number of benzene rings is 1.